The van der Waals surface area contributed by atoms with Gasteiger partial charge in [0.25, 0.3) is 0 Å². The molecule has 148 valence electrons. The lowest BCUT2D eigenvalue weighted by atomic mass is 9.85. The third-order valence-corrected chi connectivity index (χ3v) is 4.34. The molecule has 26 heavy (non-hydrogen) atoms. The van der Waals surface area contributed by atoms with Gasteiger partial charge in [0.1, 0.15) is 5.76 Å². The highest BCUT2D eigenvalue weighted by molar-refractivity contribution is 14.0. The molecule has 7 nitrogen and oxygen atoms in total. The van der Waals surface area contributed by atoms with E-state index in [4.69, 9.17) is 4.42 Å². The summed E-state index contributed by atoms with van der Waals surface area (Å²) in [6.07, 6.45) is 5.89. The first-order valence-electron chi connectivity index (χ1n) is 9.07. The van der Waals surface area contributed by atoms with Gasteiger partial charge < -0.3 is 20.4 Å². The molecule has 1 aliphatic rings. The van der Waals surface area contributed by atoms with Crippen molar-refractivity contribution < 1.29 is 9.21 Å². The summed E-state index contributed by atoms with van der Waals surface area (Å²) >= 11 is 0. The highest BCUT2D eigenvalue weighted by atomic mass is 127. The number of rotatable bonds is 7. The zero-order valence-corrected chi connectivity index (χ0v) is 18.6. The molecule has 0 aliphatic heterocycles. The van der Waals surface area contributed by atoms with E-state index >= 15 is 0 Å². The minimum atomic E-state index is -0.0465. The highest BCUT2D eigenvalue weighted by Crippen LogP contribution is 2.26. The Kier molecular flexibility index (Phi) is 9.38. The summed E-state index contributed by atoms with van der Waals surface area (Å²) < 4.78 is 5.75. The second-order valence-corrected chi connectivity index (χ2v) is 7.49. The molecule has 0 radical (unpaired) electrons. The number of nitrogens with zero attached hydrogens (tertiary/aromatic N) is 2. The number of aromatic nitrogens is 1. The van der Waals surface area contributed by atoms with E-state index in [1.54, 1.807) is 13.2 Å². The summed E-state index contributed by atoms with van der Waals surface area (Å²) in [5, 5.41) is 9.39. The average molecular weight is 477 g/mol. The van der Waals surface area contributed by atoms with E-state index in [0.29, 0.717) is 24.9 Å². The average Bonchev–Trinajstić information content (AvgIpc) is 2.97. The van der Waals surface area contributed by atoms with Crippen molar-refractivity contribution in [3.63, 3.8) is 0 Å². The van der Waals surface area contributed by atoms with E-state index in [9.17, 15) is 4.79 Å². The first kappa shape index (κ1) is 22.7. The molecule has 3 N–H and O–H groups in total. The maximum atomic E-state index is 11.7. The summed E-state index contributed by atoms with van der Waals surface area (Å²) in [4.78, 5) is 20.2. The second kappa shape index (κ2) is 10.7. The lowest BCUT2D eigenvalue weighted by Crippen LogP contribution is -2.39. The van der Waals surface area contributed by atoms with Crippen molar-refractivity contribution >= 4 is 35.8 Å². The van der Waals surface area contributed by atoms with Crippen molar-refractivity contribution in [3.05, 3.63) is 17.8 Å². The van der Waals surface area contributed by atoms with Crippen LogP contribution in [-0.2, 0) is 16.8 Å². The van der Waals surface area contributed by atoms with Crippen molar-refractivity contribution in [2.45, 2.75) is 58.4 Å². The standard InChI is InChI=1S/C18H31N5O2.HI/c1-18(2,3)14-11-22-15(25-14)12-23-17(19-4)21-10-6-9-20-16(24)13-7-5-8-13;/h11,13H,5-10,12H2,1-4H3,(H,20,24)(H2,19,21,23);1H. The fourth-order valence-electron chi connectivity index (χ4n) is 2.44. The monoisotopic (exact) mass is 477 g/mol. The summed E-state index contributed by atoms with van der Waals surface area (Å²) in [5.41, 5.74) is -0.0465. The van der Waals surface area contributed by atoms with Gasteiger partial charge in [-0.1, -0.05) is 27.2 Å². The summed E-state index contributed by atoms with van der Waals surface area (Å²) in [7, 11) is 1.73. The van der Waals surface area contributed by atoms with Crippen LogP contribution in [0.2, 0.25) is 0 Å². The molecular formula is C18H32IN5O2. The third-order valence-electron chi connectivity index (χ3n) is 4.34. The van der Waals surface area contributed by atoms with Crippen LogP contribution in [0.4, 0.5) is 0 Å². The molecule has 0 bridgehead atoms. The molecule has 0 saturated heterocycles. The molecule has 2 rings (SSSR count). The maximum Gasteiger partial charge on any atom is 0.223 e. The molecule has 8 heteroatoms. The number of hydrogen-bond acceptors (Lipinski definition) is 4. The van der Waals surface area contributed by atoms with E-state index in [-0.39, 0.29) is 41.2 Å². The molecule has 0 unspecified atom stereocenters. The lowest BCUT2D eigenvalue weighted by molar-refractivity contribution is -0.127. The van der Waals surface area contributed by atoms with Gasteiger partial charge in [-0.3, -0.25) is 9.79 Å². The van der Waals surface area contributed by atoms with Crippen LogP contribution in [0.1, 0.15) is 58.1 Å². The molecule has 1 aliphatic carbocycles. The Morgan fingerprint density at radius 1 is 1.27 bits per heavy atom. The van der Waals surface area contributed by atoms with Crippen LogP contribution in [0, 0.1) is 5.92 Å². The summed E-state index contributed by atoms with van der Waals surface area (Å²) in [6.45, 7) is 8.19. The van der Waals surface area contributed by atoms with Gasteiger partial charge in [-0.2, -0.15) is 0 Å². The molecule has 1 aromatic rings. The molecular weight excluding hydrogens is 445 g/mol. The Hall–Kier alpha value is -1.32. The SMILES string of the molecule is CN=C(NCCCNC(=O)C1CCC1)NCc1ncc(C(C)(C)C)o1.I. The summed E-state index contributed by atoms with van der Waals surface area (Å²) in [6, 6.07) is 0. The van der Waals surface area contributed by atoms with Gasteiger partial charge in [-0.05, 0) is 19.3 Å². The number of carbonyl (C=O) groups is 1. The number of amides is 1. The fraction of sp³-hybridized carbons (Fsp3) is 0.722. The van der Waals surface area contributed by atoms with E-state index in [1.165, 1.54) is 6.42 Å². The van der Waals surface area contributed by atoms with Gasteiger partial charge in [-0.15, -0.1) is 24.0 Å². The topological polar surface area (TPSA) is 91.5 Å². The number of aliphatic imine (C=N–C) groups is 1. The minimum Gasteiger partial charge on any atom is -0.443 e. The van der Waals surface area contributed by atoms with Crippen LogP contribution >= 0.6 is 24.0 Å². The Bertz CT molecular complexity index is 591. The van der Waals surface area contributed by atoms with Gasteiger partial charge in [0, 0.05) is 31.5 Å². The number of halogens is 1. The molecule has 0 spiro atoms. The van der Waals surface area contributed by atoms with Crippen molar-refractivity contribution in [3.8, 4) is 0 Å². The summed E-state index contributed by atoms with van der Waals surface area (Å²) in [5.74, 6) is 2.66. The molecule has 1 fully saturated rings. The number of carbonyl (C=O) groups excluding carboxylic acids is 1. The van der Waals surface area contributed by atoms with Crippen LogP contribution in [0.3, 0.4) is 0 Å². The third kappa shape index (κ3) is 7.13. The van der Waals surface area contributed by atoms with Crippen molar-refractivity contribution in [2.24, 2.45) is 10.9 Å². The predicted molar refractivity (Wildman–Crippen MR) is 114 cm³/mol. The highest BCUT2D eigenvalue weighted by Gasteiger charge is 2.24. The first-order valence-corrected chi connectivity index (χ1v) is 9.07. The van der Waals surface area contributed by atoms with E-state index in [0.717, 1.165) is 31.6 Å². The Labute approximate surface area is 173 Å². The van der Waals surface area contributed by atoms with Crippen LogP contribution in [0.25, 0.3) is 0 Å². The number of oxazole rings is 1. The Balaban J connectivity index is 0.00000338. The van der Waals surface area contributed by atoms with E-state index < -0.39 is 0 Å². The van der Waals surface area contributed by atoms with Crippen LogP contribution < -0.4 is 16.0 Å². The van der Waals surface area contributed by atoms with Gasteiger partial charge in [0.15, 0.2) is 5.96 Å². The van der Waals surface area contributed by atoms with Crippen molar-refractivity contribution in [2.75, 3.05) is 20.1 Å². The van der Waals surface area contributed by atoms with Gasteiger partial charge in [-0.25, -0.2) is 4.98 Å². The van der Waals surface area contributed by atoms with Crippen LogP contribution in [-0.4, -0.2) is 37.0 Å². The Morgan fingerprint density at radius 2 is 1.96 bits per heavy atom. The van der Waals surface area contributed by atoms with Gasteiger partial charge in [0.05, 0.1) is 12.7 Å². The van der Waals surface area contributed by atoms with Crippen LogP contribution in [0.5, 0.6) is 0 Å². The maximum absolute atomic E-state index is 11.7. The number of guanidine groups is 1. The first-order chi connectivity index (χ1) is 11.9. The second-order valence-electron chi connectivity index (χ2n) is 7.49. The molecule has 1 amide bonds. The molecule has 0 aromatic carbocycles. The molecule has 1 saturated carbocycles. The van der Waals surface area contributed by atoms with Crippen molar-refractivity contribution in [1.29, 1.82) is 0 Å². The number of nitrogens with one attached hydrogen (secondary N) is 3. The van der Waals surface area contributed by atoms with Gasteiger partial charge >= 0.3 is 0 Å². The lowest BCUT2D eigenvalue weighted by Gasteiger charge is -2.24. The zero-order chi connectivity index (χ0) is 18.3. The minimum absolute atomic E-state index is 0. The van der Waals surface area contributed by atoms with Crippen molar-refractivity contribution in [1.82, 2.24) is 20.9 Å². The predicted octanol–water partition coefficient (Wildman–Crippen LogP) is 2.56. The fourth-order valence-corrected chi connectivity index (χ4v) is 2.44. The largest absolute Gasteiger partial charge is 0.443 e. The quantitative estimate of drug-likeness (QED) is 0.243. The normalized spacial score (nSPS) is 15.0. The van der Waals surface area contributed by atoms with Gasteiger partial charge in [0.2, 0.25) is 11.8 Å². The van der Waals surface area contributed by atoms with E-state index in [2.05, 4.69) is 46.7 Å². The smallest absolute Gasteiger partial charge is 0.223 e. The molecule has 0 atom stereocenters. The van der Waals surface area contributed by atoms with Crippen LogP contribution in [0.15, 0.2) is 15.6 Å². The molecule has 1 aromatic heterocycles. The molecule has 1 heterocycles. The number of hydrogen-bond donors (Lipinski definition) is 3. The van der Waals surface area contributed by atoms with E-state index in [1.807, 2.05) is 0 Å². The Morgan fingerprint density at radius 3 is 2.50 bits per heavy atom. The zero-order valence-electron chi connectivity index (χ0n) is 16.2.